The third kappa shape index (κ3) is 5.00. The van der Waals surface area contributed by atoms with E-state index in [1.54, 1.807) is 0 Å². The van der Waals surface area contributed by atoms with Crippen LogP contribution in [0.2, 0.25) is 0 Å². The van der Waals surface area contributed by atoms with Crippen LogP contribution in [0.25, 0.3) is 0 Å². The van der Waals surface area contributed by atoms with Crippen LogP contribution in [0.15, 0.2) is 18.3 Å². The Labute approximate surface area is 92.4 Å². The van der Waals surface area contributed by atoms with Gasteiger partial charge in [-0.15, -0.1) is 0 Å². The van der Waals surface area contributed by atoms with Gasteiger partial charge in [0.2, 0.25) is 0 Å². The number of nitrogens with one attached hydrogen (secondary N) is 2. The van der Waals surface area contributed by atoms with Crippen LogP contribution < -0.4 is 11.1 Å². The van der Waals surface area contributed by atoms with Gasteiger partial charge in [0.15, 0.2) is 0 Å². The molecule has 0 aliphatic rings. The highest BCUT2D eigenvalue weighted by atomic mass is 14.9. The Morgan fingerprint density at radius 1 is 1.40 bits per heavy atom. The van der Waals surface area contributed by atoms with E-state index < -0.39 is 0 Å². The highest BCUT2D eigenvalue weighted by Crippen LogP contribution is 2.16. The van der Waals surface area contributed by atoms with Crippen molar-refractivity contribution in [2.75, 3.05) is 19.6 Å². The van der Waals surface area contributed by atoms with Crippen LogP contribution in [0, 0.1) is 5.41 Å². The summed E-state index contributed by atoms with van der Waals surface area (Å²) >= 11 is 0. The molecule has 1 heterocycles. The maximum atomic E-state index is 5.67. The van der Waals surface area contributed by atoms with E-state index in [1.165, 1.54) is 5.69 Å². The Morgan fingerprint density at radius 2 is 2.20 bits per heavy atom. The Balaban J connectivity index is 2.03. The van der Waals surface area contributed by atoms with Crippen LogP contribution in [-0.4, -0.2) is 24.6 Å². The van der Waals surface area contributed by atoms with Crippen molar-refractivity contribution in [2.24, 2.45) is 11.1 Å². The molecule has 4 N–H and O–H groups in total. The van der Waals surface area contributed by atoms with Gasteiger partial charge in [-0.1, -0.05) is 13.8 Å². The van der Waals surface area contributed by atoms with E-state index >= 15 is 0 Å². The van der Waals surface area contributed by atoms with Crippen molar-refractivity contribution >= 4 is 0 Å². The predicted octanol–water partition coefficient (Wildman–Crippen LogP) is 1.52. The first-order chi connectivity index (χ1) is 7.14. The molecule has 0 amide bonds. The van der Waals surface area contributed by atoms with E-state index in [0.29, 0.717) is 0 Å². The van der Waals surface area contributed by atoms with E-state index in [0.717, 1.165) is 32.5 Å². The number of hydrogen-bond acceptors (Lipinski definition) is 2. The lowest BCUT2D eigenvalue weighted by atomic mass is 9.90. The highest BCUT2D eigenvalue weighted by Gasteiger charge is 2.13. The van der Waals surface area contributed by atoms with Crippen LogP contribution in [0.5, 0.6) is 0 Å². The first kappa shape index (κ1) is 12.3. The summed E-state index contributed by atoms with van der Waals surface area (Å²) in [6.07, 6.45) is 4.16. The van der Waals surface area contributed by atoms with Gasteiger partial charge in [0.05, 0.1) is 0 Å². The molecule has 1 aromatic rings. The van der Waals surface area contributed by atoms with Crippen molar-refractivity contribution in [2.45, 2.75) is 26.7 Å². The summed E-state index contributed by atoms with van der Waals surface area (Å²) < 4.78 is 0. The van der Waals surface area contributed by atoms with Crippen molar-refractivity contribution in [1.29, 1.82) is 0 Å². The van der Waals surface area contributed by atoms with Crippen molar-refractivity contribution in [1.82, 2.24) is 10.3 Å². The Morgan fingerprint density at radius 3 is 2.80 bits per heavy atom. The summed E-state index contributed by atoms with van der Waals surface area (Å²) in [4.78, 5) is 3.20. The smallest absolute Gasteiger partial charge is 0.0159 e. The number of aromatic amines is 1. The molecule has 0 saturated heterocycles. The molecule has 0 atom stereocenters. The van der Waals surface area contributed by atoms with Crippen molar-refractivity contribution in [3.05, 3.63) is 24.0 Å². The lowest BCUT2D eigenvalue weighted by molar-refractivity contribution is 0.340. The second-order valence-corrected chi connectivity index (χ2v) is 4.81. The molecule has 3 heteroatoms. The van der Waals surface area contributed by atoms with Gasteiger partial charge >= 0.3 is 0 Å². The zero-order valence-electron chi connectivity index (χ0n) is 9.84. The van der Waals surface area contributed by atoms with Gasteiger partial charge < -0.3 is 16.0 Å². The standard InChI is InChI=1S/C12H23N3/c1-12(2,10-13)6-9-14-8-5-11-4-3-7-15-11/h3-4,7,14-15H,5-6,8-10,13H2,1-2H3. The maximum Gasteiger partial charge on any atom is 0.0159 e. The third-order valence-electron chi connectivity index (χ3n) is 2.76. The zero-order valence-corrected chi connectivity index (χ0v) is 9.84. The lowest BCUT2D eigenvalue weighted by Gasteiger charge is -2.22. The summed E-state index contributed by atoms with van der Waals surface area (Å²) in [6.45, 7) is 7.25. The van der Waals surface area contributed by atoms with Gasteiger partial charge in [0.1, 0.15) is 0 Å². The third-order valence-corrected chi connectivity index (χ3v) is 2.76. The van der Waals surface area contributed by atoms with Crippen molar-refractivity contribution in [3.8, 4) is 0 Å². The fraction of sp³-hybridized carbons (Fsp3) is 0.667. The van der Waals surface area contributed by atoms with Crippen LogP contribution in [-0.2, 0) is 6.42 Å². The van der Waals surface area contributed by atoms with E-state index in [4.69, 9.17) is 5.73 Å². The molecule has 0 spiro atoms. The normalized spacial score (nSPS) is 11.9. The molecule has 1 aromatic heterocycles. The number of aromatic nitrogens is 1. The van der Waals surface area contributed by atoms with Gasteiger partial charge in [-0.2, -0.15) is 0 Å². The summed E-state index contributed by atoms with van der Waals surface area (Å²) in [5.41, 5.74) is 7.22. The maximum absolute atomic E-state index is 5.67. The van der Waals surface area contributed by atoms with Gasteiger partial charge in [-0.25, -0.2) is 0 Å². The number of hydrogen-bond donors (Lipinski definition) is 3. The summed E-state index contributed by atoms with van der Waals surface area (Å²) in [7, 11) is 0. The van der Waals surface area contributed by atoms with Crippen LogP contribution in [0.3, 0.4) is 0 Å². The number of nitrogens with two attached hydrogens (primary N) is 1. The quantitative estimate of drug-likeness (QED) is 0.596. The summed E-state index contributed by atoms with van der Waals surface area (Å²) in [6, 6.07) is 4.15. The molecule has 86 valence electrons. The van der Waals surface area contributed by atoms with Crippen LogP contribution in [0.1, 0.15) is 26.0 Å². The van der Waals surface area contributed by atoms with E-state index in [1.807, 2.05) is 12.3 Å². The molecule has 0 fully saturated rings. The second-order valence-electron chi connectivity index (χ2n) is 4.81. The average molecular weight is 209 g/mol. The van der Waals surface area contributed by atoms with E-state index in [-0.39, 0.29) is 5.41 Å². The number of rotatable bonds is 7. The minimum absolute atomic E-state index is 0.263. The molecule has 3 nitrogen and oxygen atoms in total. The van der Waals surface area contributed by atoms with Crippen LogP contribution >= 0.6 is 0 Å². The SMILES string of the molecule is CC(C)(CN)CCNCCc1ccc[nH]1. The van der Waals surface area contributed by atoms with Gasteiger partial charge in [-0.3, -0.25) is 0 Å². The highest BCUT2D eigenvalue weighted by molar-refractivity contribution is 5.03. The average Bonchev–Trinajstić information content (AvgIpc) is 2.70. The minimum atomic E-state index is 0.263. The van der Waals surface area contributed by atoms with Gasteiger partial charge in [-0.05, 0) is 43.5 Å². The minimum Gasteiger partial charge on any atom is -0.365 e. The molecule has 0 bridgehead atoms. The largest absolute Gasteiger partial charge is 0.365 e. The fourth-order valence-electron chi connectivity index (χ4n) is 1.40. The first-order valence-corrected chi connectivity index (χ1v) is 5.67. The van der Waals surface area contributed by atoms with Crippen LogP contribution in [0.4, 0.5) is 0 Å². The summed E-state index contributed by atoms with van der Waals surface area (Å²) in [5, 5.41) is 3.44. The lowest BCUT2D eigenvalue weighted by Crippen LogP contribution is -2.29. The Kier molecular flexibility index (Phi) is 4.85. The topological polar surface area (TPSA) is 53.8 Å². The van der Waals surface area contributed by atoms with E-state index in [9.17, 15) is 0 Å². The zero-order chi connectivity index (χ0) is 11.1. The summed E-state index contributed by atoms with van der Waals surface area (Å²) in [5.74, 6) is 0. The molecule has 1 rings (SSSR count). The molecule has 0 aliphatic heterocycles. The molecule has 0 radical (unpaired) electrons. The monoisotopic (exact) mass is 209 g/mol. The predicted molar refractivity (Wildman–Crippen MR) is 64.8 cm³/mol. The molecule has 0 saturated carbocycles. The molecular weight excluding hydrogens is 186 g/mol. The molecule has 0 unspecified atom stereocenters. The number of H-pyrrole nitrogens is 1. The fourth-order valence-corrected chi connectivity index (χ4v) is 1.40. The van der Waals surface area contributed by atoms with Crippen molar-refractivity contribution in [3.63, 3.8) is 0 Å². The van der Waals surface area contributed by atoms with Crippen molar-refractivity contribution < 1.29 is 0 Å². The first-order valence-electron chi connectivity index (χ1n) is 5.67. The Hall–Kier alpha value is -0.800. The molecule has 0 aromatic carbocycles. The van der Waals surface area contributed by atoms with Gasteiger partial charge in [0, 0.05) is 18.4 Å². The molecule has 15 heavy (non-hydrogen) atoms. The second kappa shape index (κ2) is 5.93. The molecule has 0 aliphatic carbocycles. The Bertz CT molecular complexity index is 252. The molecular formula is C12H23N3. The van der Waals surface area contributed by atoms with E-state index in [2.05, 4.69) is 30.2 Å². The van der Waals surface area contributed by atoms with Gasteiger partial charge in [0.25, 0.3) is 0 Å².